The minimum absolute atomic E-state index is 0.0214. The molecule has 0 fully saturated rings. The van der Waals surface area contributed by atoms with Gasteiger partial charge in [0.1, 0.15) is 11.0 Å². The van der Waals surface area contributed by atoms with Gasteiger partial charge in [-0.1, -0.05) is 72.8 Å². The van der Waals surface area contributed by atoms with Crippen molar-refractivity contribution in [2.24, 2.45) is 10.2 Å². The molecule has 7 aromatic carbocycles. The molecular formula is C58H54N8O2. The molecule has 0 bridgehead atoms. The van der Waals surface area contributed by atoms with Crippen molar-refractivity contribution in [1.29, 1.82) is 0 Å². The standard InChI is InChI=1S/C58H54N8O2/c1-5-63(6-2)45-29-21-39(22-30-45)51-37-53(65(61-51)47-33-25-43(26-34-47)57-59-49-13-9-11-15-55(49)67-57)41-17-19-42(20-18-41)54-38-52(40-23-31-46(32-24-40)64(7-3)8-4)62-66(54)48-35-27-44(28-36-48)58-60-50-14-10-12-16-56(50)68-58/h9-36,53-54H,5-8,37-38H2,1-4H3. The van der Waals surface area contributed by atoms with Crippen LogP contribution in [0.15, 0.2) is 189 Å². The van der Waals surface area contributed by atoms with Crippen molar-refractivity contribution in [1.82, 2.24) is 9.97 Å². The minimum Gasteiger partial charge on any atom is -0.436 e. The van der Waals surface area contributed by atoms with Crippen LogP contribution in [0.5, 0.6) is 0 Å². The van der Waals surface area contributed by atoms with Crippen LogP contribution in [0.1, 0.15) is 74.9 Å². The molecule has 0 saturated carbocycles. The first-order chi connectivity index (χ1) is 33.5. The molecule has 2 aromatic heterocycles. The van der Waals surface area contributed by atoms with E-state index in [0.717, 1.165) is 106 Å². The fourth-order valence-electron chi connectivity index (χ4n) is 9.72. The average molecular weight is 895 g/mol. The van der Waals surface area contributed by atoms with Crippen LogP contribution in [0.4, 0.5) is 22.7 Å². The van der Waals surface area contributed by atoms with E-state index in [9.17, 15) is 0 Å². The first-order valence-electron chi connectivity index (χ1n) is 23.9. The van der Waals surface area contributed by atoms with Crippen LogP contribution in [-0.2, 0) is 0 Å². The molecule has 2 atom stereocenters. The van der Waals surface area contributed by atoms with Gasteiger partial charge in [-0.3, -0.25) is 10.0 Å². The van der Waals surface area contributed by atoms with Crippen LogP contribution < -0.4 is 19.8 Å². The zero-order valence-electron chi connectivity index (χ0n) is 39.0. The molecule has 10 nitrogen and oxygen atoms in total. The van der Waals surface area contributed by atoms with Gasteiger partial charge in [-0.2, -0.15) is 10.2 Å². The summed E-state index contributed by atoms with van der Waals surface area (Å²) in [5.74, 6) is 1.21. The highest BCUT2D eigenvalue weighted by atomic mass is 16.4. The number of hydrogen-bond donors (Lipinski definition) is 0. The first-order valence-corrected chi connectivity index (χ1v) is 23.9. The lowest BCUT2D eigenvalue weighted by Gasteiger charge is -2.26. The quantitative estimate of drug-likeness (QED) is 0.107. The van der Waals surface area contributed by atoms with Crippen molar-refractivity contribution < 1.29 is 8.83 Å². The fourth-order valence-corrected chi connectivity index (χ4v) is 9.72. The van der Waals surface area contributed by atoms with Gasteiger partial charge in [0.05, 0.1) is 34.9 Å². The molecule has 338 valence electrons. The van der Waals surface area contributed by atoms with E-state index in [1.807, 2.05) is 48.5 Å². The monoisotopic (exact) mass is 894 g/mol. The van der Waals surface area contributed by atoms with Crippen molar-refractivity contribution in [2.45, 2.75) is 52.6 Å². The second-order valence-corrected chi connectivity index (χ2v) is 17.4. The normalized spacial score (nSPS) is 15.9. The van der Waals surface area contributed by atoms with Gasteiger partial charge in [0.2, 0.25) is 11.8 Å². The zero-order valence-corrected chi connectivity index (χ0v) is 39.0. The maximum atomic E-state index is 6.13. The lowest BCUT2D eigenvalue weighted by molar-refractivity contribution is 0.619. The Morgan fingerprint density at radius 2 is 0.779 bits per heavy atom. The van der Waals surface area contributed by atoms with E-state index in [-0.39, 0.29) is 12.1 Å². The summed E-state index contributed by atoms with van der Waals surface area (Å²) < 4.78 is 12.3. The molecule has 9 aromatic rings. The Labute approximate surface area is 397 Å². The third-order valence-electron chi connectivity index (χ3n) is 13.5. The number of nitrogens with zero attached hydrogens (tertiary/aromatic N) is 8. The second-order valence-electron chi connectivity index (χ2n) is 17.4. The summed E-state index contributed by atoms with van der Waals surface area (Å²) in [6.45, 7) is 12.6. The van der Waals surface area contributed by atoms with Crippen molar-refractivity contribution in [3.63, 3.8) is 0 Å². The maximum Gasteiger partial charge on any atom is 0.227 e. The molecule has 0 amide bonds. The Bertz CT molecular complexity index is 2950. The average Bonchev–Trinajstić information content (AvgIpc) is 4.23. The van der Waals surface area contributed by atoms with Crippen molar-refractivity contribution in [3.05, 3.63) is 192 Å². The van der Waals surface area contributed by atoms with E-state index in [1.165, 1.54) is 22.5 Å². The van der Waals surface area contributed by atoms with Crippen LogP contribution in [0, 0.1) is 0 Å². The van der Waals surface area contributed by atoms with E-state index in [0.29, 0.717) is 11.8 Å². The van der Waals surface area contributed by atoms with Gasteiger partial charge in [0, 0.05) is 61.5 Å². The Hall–Kier alpha value is -7.98. The van der Waals surface area contributed by atoms with E-state index >= 15 is 0 Å². The van der Waals surface area contributed by atoms with Crippen LogP contribution in [-0.4, -0.2) is 47.6 Å². The molecule has 10 heteroatoms. The number of rotatable bonds is 14. The first kappa shape index (κ1) is 42.6. The van der Waals surface area contributed by atoms with Crippen molar-refractivity contribution in [3.8, 4) is 22.9 Å². The van der Waals surface area contributed by atoms with Gasteiger partial charge in [-0.15, -0.1) is 0 Å². The summed E-state index contributed by atoms with van der Waals surface area (Å²) in [5, 5.41) is 15.1. The summed E-state index contributed by atoms with van der Waals surface area (Å²) in [6, 6.07) is 59.4. The predicted octanol–water partition coefficient (Wildman–Crippen LogP) is 13.7. The van der Waals surface area contributed by atoms with E-state index in [4.69, 9.17) is 29.0 Å². The highest BCUT2D eigenvalue weighted by Gasteiger charge is 2.33. The number of oxazole rings is 2. The summed E-state index contributed by atoms with van der Waals surface area (Å²) in [4.78, 5) is 14.2. The molecule has 2 unspecified atom stereocenters. The molecule has 0 N–H and O–H groups in total. The minimum atomic E-state index is -0.0214. The molecule has 0 aliphatic carbocycles. The maximum absolute atomic E-state index is 6.13. The molecule has 0 spiro atoms. The Morgan fingerprint density at radius 1 is 0.426 bits per heavy atom. The third kappa shape index (κ3) is 8.16. The number of hydrazone groups is 2. The van der Waals surface area contributed by atoms with Gasteiger partial charge in [0.15, 0.2) is 11.2 Å². The van der Waals surface area contributed by atoms with Gasteiger partial charge >= 0.3 is 0 Å². The SMILES string of the molecule is CCN(CC)c1ccc(C2=NN(c3ccc(-c4nc5ccccc5o4)cc3)C(c3ccc(C4CC(c5ccc(N(CC)CC)cc5)=NN4c4ccc(-c5nc6ccccc6o5)cc4)cc3)C2)cc1. The largest absolute Gasteiger partial charge is 0.436 e. The number of para-hydroxylation sites is 4. The molecule has 2 aliphatic rings. The van der Waals surface area contributed by atoms with Crippen LogP contribution >= 0.6 is 0 Å². The zero-order chi connectivity index (χ0) is 46.1. The molecule has 0 radical (unpaired) electrons. The Morgan fingerprint density at radius 3 is 1.13 bits per heavy atom. The molecule has 68 heavy (non-hydrogen) atoms. The summed E-state index contributed by atoms with van der Waals surface area (Å²) in [7, 11) is 0. The van der Waals surface area contributed by atoms with Crippen LogP contribution in [0.2, 0.25) is 0 Å². The lowest BCUT2D eigenvalue weighted by Crippen LogP contribution is -2.21. The smallest absolute Gasteiger partial charge is 0.227 e. The van der Waals surface area contributed by atoms with E-state index < -0.39 is 0 Å². The lowest BCUT2D eigenvalue weighted by atomic mass is 9.94. The molecular weight excluding hydrogens is 841 g/mol. The second kappa shape index (κ2) is 18.4. The van der Waals surface area contributed by atoms with Gasteiger partial charge < -0.3 is 18.6 Å². The van der Waals surface area contributed by atoms with Crippen molar-refractivity contribution >= 4 is 56.4 Å². The summed E-state index contributed by atoms with van der Waals surface area (Å²) in [5.41, 5.74) is 16.3. The molecule has 0 saturated heterocycles. The van der Waals surface area contributed by atoms with Crippen LogP contribution in [0.25, 0.3) is 45.1 Å². The molecule has 2 aliphatic heterocycles. The van der Waals surface area contributed by atoms with Crippen molar-refractivity contribution in [2.75, 3.05) is 46.0 Å². The fraction of sp³-hybridized carbons (Fsp3) is 0.207. The number of fused-ring (bicyclic) bond motifs is 2. The van der Waals surface area contributed by atoms with Crippen LogP contribution in [0.3, 0.4) is 0 Å². The Balaban J connectivity index is 0.908. The number of hydrogen-bond acceptors (Lipinski definition) is 10. The number of anilines is 4. The third-order valence-corrected chi connectivity index (χ3v) is 13.5. The predicted molar refractivity (Wildman–Crippen MR) is 278 cm³/mol. The highest BCUT2D eigenvalue weighted by molar-refractivity contribution is 6.04. The number of benzene rings is 7. The topological polar surface area (TPSA) is 89.7 Å². The summed E-state index contributed by atoms with van der Waals surface area (Å²) >= 11 is 0. The Kier molecular flexibility index (Phi) is 11.5. The highest BCUT2D eigenvalue weighted by Crippen LogP contribution is 2.41. The van der Waals surface area contributed by atoms with Gasteiger partial charge in [-0.05, 0) is 147 Å². The van der Waals surface area contributed by atoms with Gasteiger partial charge in [-0.25, -0.2) is 9.97 Å². The van der Waals surface area contributed by atoms with E-state index in [2.05, 4.69) is 169 Å². The van der Waals surface area contributed by atoms with Gasteiger partial charge in [0.25, 0.3) is 0 Å². The molecule has 4 heterocycles. The molecule has 11 rings (SSSR count). The summed E-state index contributed by atoms with van der Waals surface area (Å²) in [6.07, 6.45) is 1.52. The van der Waals surface area contributed by atoms with E-state index in [1.54, 1.807) is 0 Å². The number of aromatic nitrogens is 2.